The van der Waals surface area contributed by atoms with Gasteiger partial charge >= 0.3 is 0 Å². The van der Waals surface area contributed by atoms with Gasteiger partial charge in [0.25, 0.3) is 0 Å². The predicted molar refractivity (Wildman–Crippen MR) is 78.5 cm³/mol. The van der Waals surface area contributed by atoms with E-state index in [1.54, 1.807) is 0 Å². The SMILES string of the molecule is Cc1cc(C#N)ccc1-c1ccc(C(C)(C)N)cc1. The van der Waals surface area contributed by atoms with E-state index in [0.717, 1.165) is 22.3 Å². The zero-order chi connectivity index (χ0) is 14.0. The first-order valence-electron chi connectivity index (χ1n) is 6.32. The summed E-state index contributed by atoms with van der Waals surface area (Å²) in [6.07, 6.45) is 0. The fourth-order valence-corrected chi connectivity index (χ4v) is 2.14. The first-order valence-corrected chi connectivity index (χ1v) is 6.32. The lowest BCUT2D eigenvalue weighted by Crippen LogP contribution is -2.28. The second kappa shape index (κ2) is 4.87. The molecule has 0 unspecified atom stereocenters. The number of rotatable bonds is 2. The van der Waals surface area contributed by atoms with E-state index in [-0.39, 0.29) is 5.54 Å². The van der Waals surface area contributed by atoms with E-state index >= 15 is 0 Å². The van der Waals surface area contributed by atoms with Crippen molar-refractivity contribution in [2.75, 3.05) is 0 Å². The second-order valence-electron chi connectivity index (χ2n) is 5.44. The van der Waals surface area contributed by atoms with Crippen molar-refractivity contribution in [1.29, 1.82) is 5.26 Å². The van der Waals surface area contributed by atoms with Gasteiger partial charge < -0.3 is 5.73 Å². The van der Waals surface area contributed by atoms with Crippen molar-refractivity contribution in [3.05, 3.63) is 59.2 Å². The maximum atomic E-state index is 8.89. The van der Waals surface area contributed by atoms with E-state index < -0.39 is 0 Å². The fourth-order valence-electron chi connectivity index (χ4n) is 2.14. The molecule has 0 saturated carbocycles. The van der Waals surface area contributed by atoms with Gasteiger partial charge in [0, 0.05) is 5.54 Å². The molecule has 0 aliphatic heterocycles. The predicted octanol–water partition coefficient (Wildman–Crippen LogP) is 3.73. The van der Waals surface area contributed by atoms with E-state index in [2.05, 4.69) is 30.3 Å². The Morgan fingerprint density at radius 2 is 1.68 bits per heavy atom. The third kappa shape index (κ3) is 2.83. The molecular weight excluding hydrogens is 232 g/mol. The average molecular weight is 250 g/mol. The molecule has 0 radical (unpaired) electrons. The molecule has 2 nitrogen and oxygen atoms in total. The molecule has 0 aromatic heterocycles. The molecule has 0 aliphatic rings. The van der Waals surface area contributed by atoms with E-state index in [0.29, 0.717) is 5.56 Å². The first-order chi connectivity index (χ1) is 8.91. The van der Waals surface area contributed by atoms with E-state index in [1.165, 1.54) is 0 Å². The van der Waals surface area contributed by atoms with E-state index in [1.807, 2.05) is 39.0 Å². The van der Waals surface area contributed by atoms with Crippen LogP contribution in [0.25, 0.3) is 11.1 Å². The van der Waals surface area contributed by atoms with Crippen LogP contribution in [0.1, 0.15) is 30.5 Å². The van der Waals surface area contributed by atoms with Gasteiger partial charge in [-0.05, 0) is 55.2 Å². The van der Waals surface area contributed by atoms with Crippen LogP contribution in [0.5, 0.6) is 0 Å². The number of nitrogens with two attached hydrogens (primary N) is 1. The largest absolute Gasteiger partial charge is 0.322 e. The molecule has 2 aromatic carbocycles. The number of hydrogen-bond donors (Lipinski definition) is 1. The lowest BCUT2D eigenvalue weighted by Gasteiger charge is -2.19. The summed E-state index contributed by atoms with van der Waals surface area (Å²) in [5, 5.41) is 8.89. The molecule has 19 heavy (non-hydrogen) atoms. The highest BCUT2D eigenvalue weighted by Gasteiger charge is 2.13. The fraction of sp³-hybridized carbons (Fsp3) is 0.235. The van der Waals surface area contributed by atoms with E-state index in [4.69, 9.17) is 11.0 Å². The molecule has 0 heterocycles. The van der Waals surface area contributed by atoms with Gasteiger partial charge in [0.1, 0.15) is 0 Å². The van der Waals surface area contributed by atoms with E-state index in [9.17, 15) is 0 Å². The average Bonchev–Trinajstić information content (AvgIpc) is 2.37. The van der Waals surface area contributed by atoms with Crippen LogP contribution >= 0.6 is 0 Å². The van der Waals surface area contributed by atoms with Crippen LogP contribution < -0.4 is 5.73 Å². The molecule has 2 heteroatoms. The molecular formula is C17H18N2. The highest BCUT2D eigenvalue weighted by atomic mass is 14.7. The molecule has 96 valence electrons. The van der Waals surface area contributed by atoms with Crippen LogP contribution in [0.4, 0.5) is 0 Å². The summed E-state index contributed by atoms with van der Waals surface area (Å²) < 4.78 is 0. The van der Waals surface area contributed by atoms with Crippen LogP contribution in [0, 0.1) is 18.3 Å². The Hall–Kier alpha value is -2.11. The number of nitriles is 1. The summed E-state index contributed by atoms with van der Waals surface area (Å²) in [4.78, 5) is 0. The third-order valence-corrected chi connectivity index (χ3v) is 3.30. The van der Waals surface area contributed by atoms with Crippen molar-refractivity contribution in [2.45, 2.75) is 26.3 Å². The number of hydrogen-bond acceptors (Lipinski definition) is 2. The van der Waals surface area contributed by atoms with Crippen LogP contribution in [0.15, 0.2) is 42.5 Å². The smallest absolute Gasteiger partial charge is 0.0991 e. The second-order valence-corrected chi connectivity index (χ2v) is 5.44. The van der Waals surface area contributed by atoms with Crippen molar-refractivity contribution in [3.8, 4) is 17.2 Å². The summed E-state index contributed by atoms with van der Waals surface area (Å²) in [6.45, 7) is 6.01. The maximum Gasteiger partial charge on any atom is 0.0991 e. The van der Waals surface area contributed by atoms with Crippen molar-refractivity contribution < 1.29 is 0 Å². The first kappa shape index (κ1) is 13.3. The van der Waals surface area contributed by atoms with Gasteiger partial charge in [0.2, 0.25) is 0 Å². The van der Waals surface area contributed by atoms with Gasteiger partial charge in [0.05, 0.1) is 11.6 Å². The summed E-state index contributed by atoms with van der Waals surface area (Å²) in [7, 11) is 0. The quantitative estimate of drug-likeness (QED) is 0.883. The lowest BCUT2D eigenvalue weighted by atomic mass is 9.92. The maximum absolute atomic E-state index is 8.89. The molecule has 0 bridgehead atoms. The van der Waals surface area contributed by atoms with Crippen LogP contribution in [0.2, 0.25) is 0 Å². The molecule has 2 N–H and O–H groups in total. The van der Waals surface area contributed by atoms with Gasteiger partial charge in [-0.3, -0.25) is 0 Å². The Labute approximate surface area is 114 Å². The molecule has 0 fully saturated rings. The normalized spacial score (nSPS) is 11.1. The third-order valence-electron chi connectivity index (χ3n) is 3.30. The van der Waals surface area contributed by atoms with Crippen molar-refractivity contribution in [2.24, 2.45) is 5.73 Å². The summed E-state index contributed by atoms with van der Waals surface area (Å²) in [5.74, 6) is 0. The molecule has 0 atom stereocenters. The highest BCUT2D eigenvalue weighted by Crippen LogP contribution is 2.26. The van der Waals surface area contributed by atoms with Crippen LogP contribution in [0.3, 0.4) is 0 Å². The van der Waals surface area contributed by atoms with Gasteiger partial charge in [-0.2, -0.15) is 5.26 Å². The van der Waals surface area contributed by atoms with Gasteiger partial charge in [-0.1, -0.05) is 30.3 Å². The van der Waals surface area contributed by atoms with Crippen molar-refractivity contribution in [3.63, 3.8) is 0 Å². The van der Waals surface area contributed by atoms with Gasteiger partial charge in [-0.15, -0.1) is 0 Å². The number of aryl methyl sites for hydroxylation is 1. The summed E-state index contributed by atoms with van der Waals surface area (Å²) in [5.41, 5.74) is 11.0. The number of benzene rings is 2. The summed E-state index contributed by atoms with van der Waals surface area (Å²) >= 11 is 0. The number of nitrogens with zero attached hydrogens (tertiary/aromatic N) is 1. The van der Waals surface area contributed by atoms with Gasteiger partial charge in [-0.25, -0.2) is 0 Å². The molecule has 2 rings (SSSR count). The standard InChI is InChI=1S/C17H18N2/c1-12-10-13(11-18)4-9-16(12)14-5-7-15(8-6-14)17(2,3)19/h4-10H,19H2,1-3H3. The zero-order valence-electron chi connectivity index (χ0n) is 11.6. The molecule has 0 spiro atoms. The Balaban J connectivity index is 2.41. The topological polar surface area (TPSA) is 49.8 Å². The monoisotopic (exact) mass is 250 g/mol. The van der Waals surface area contributed by atoms with Crippen LogP contribution in [-0.2, 0) is 5.54 Å². The van der Waals surface area contributed by atoms with Crippen molar-refractivity contribution in [1.82, 2.24) is 0 Å². The lowest BCUT2D eigenvalue weighted by molar-refractivity contribution is 0.554. The van der Waals surface area contributed by atoms with Crippen LogP contribution in [-0.4, -0.2) is 0 Å². The highest BCUT2D eigenvalue weighted by molar-refractivity contribution is 5.68. The Morgan fingerprint density at radius 1 is 1.05 bits per heavy atom. The molecule has 0 amide bonds. The van der Waals surface area contributed by atoms with Crippen molar-refractivity contribution >= 4 is 0 Å². The Kier molecular flexibility index (Phi) is 3.42. The zero-order valence-corrected chi connectivity index (χ0v) is 11.6. The molecule has 2 aromatic rings. The Bertz CT molecular complexity index is 626. The minimum atomic E-state index is -0.321. The molecule has 0 aliphatic carbocycles. The minimum Gasteiger partial charge on any atom is -0.322 e. The van der Waals surface area contributed by atoms with Gasteiger partial charge in [0.15, 0.2) is 0 Å². The Morgan fingerprint density at radius 3 is 2.16 bits per heavy atom. The molecule has 0 saturated heterocycles. The minimum absolute atomic E-state index is 0.321. The summed E-state index contributed by atoms with van der Waals surface area (Å²) in [6, 6.07) is 16.2.